The zero-order chi connectivity index (χ0) is 14.4. The van der Waals surface area contributed by atoms with E-state index < -0.39 is 0 Å². The quantitative estimate of drug-likeness (QED) is 0.814. The summed E-state index contributed by atoms with van der Waals surface area (Å²) in [5, 5.41) is 17.3. The van der Waals surface area contributed by atoms with Gasteiger partial charge in [-0.1, -0.05) is 26.0 Å². The van der Waals surface area contributed by atoms with Gasteiger partial charge in [0.2, 0.25) is 0 Å². The zero-order valence-electron chi connectivity index (χ0n) is 12.1. The van der Waals surface area contributed by atoms with Crippen LogP contribution in [0.5, 0.6) is 0 Å². The van der Waals surface area contributed by atoms with Gasteiger partial charge < -0.3 is 10.4 Å². The summed E-state index contributed by atoms with van der Waals surface area (Å²) in [6.45, 7) is 5.16. The average molecular weight is 274 g/mol. The van der Waals surface area contributed by atoms with Crippen molar-refractivity contribution in [2.75, 3.05) is 18.5 Å². The van der Waals surface area contributed by atoms with Gasteiger partial charge in [-0.3, -0.25) is 0 Å². The van der Waals surface area contributed by atoms with Crippen LogP contribution in [0.1, 0.15) is 26.7 Å². The van der Waals surface area contributed by atoms with Crippen molar-refractivity contribution in [3.8, 4) is 5.69 Å². The first-order valence-electron chi connectivity index (χ1n) is 7.03. The molecule has 0 aliphatic rings. The maximum absolute atomic E-state index is 9.64. The molecule has 0 atom stereocenters. The third-order valence-corrected chi connectivity index (χ3v) is 4.06. The second kappa shape index (κ2) is 6.52. The SMILES string of the molecule is CCC(CC)(CO)CNc1ccccc1-n1cncn1. The Morgan fingerprint density at radius 1 is 1.25 bits per heavy atom. The fourth-order valence-corrected chi connectivity index (χ4v) is 2.22. The van der Waals surface area contributed by atoms with Crippen molar-refractivity contribution in [2.45, 2.75) is 26.7 Å². The number of para-hydroxylation sites is 2. The number of anilines is 1. The van der Waals surface area contributed by atoms with E-state index in [0.717, 1.165) is 30.8 Å². The number of aliphatic hydroxyl groups is 1. The molecule has 0 saturated heterocycles. The second-order valence-corrected chi connectivity index (χ2v) is 5.08. The Bertz CT molecular complexity index is 512. The minimum Gasteiger partial charge on any atom is -0.396 e. The Labute approximate surface area is 119 Å². The number of aromatic nitrogens is 3. The van der Waals surface area contributed by atoms with Crippen LogP contribution in [-0.4, -0.2) is 33.0 Å². The number of hydrogen-bond donors (Lipinski definition) is 2. The summed E-state index contributed by atoms with van der Waals surface area (Å²) in [6.07, 6.45) is 5.09. The highest BCUT2D eigenvalue weighted by Gasteiger charge is 2.25. The van der Waals surface area contributed by atoms with Crippen molar-refractivity contribution in [1.29, 1.82) is 0 Å². The van der Waals surface area contributed by atoms with Crippen molar-refractivity contribution in [3.63, 3.8) is 0 Å². The summed E-state index contributed by atoms with van der Waals surface area (Å²) < 4.78 is 1.74. The molecular weight excluding hydrogens is 252 g/mol. The Morgan fingerprint density at radius 2 is 2.00 bits per heavy atom. The molecule has 0 spiro atoms. The molecule has 2 N–H and O–H groups in total. The van der Waals surface area contributed by atoms with E-state index in [-0.39, 0.29) is 12.0 Å². The number of rotatable bonds is 7. The van der Waals surface area contributed by atoms with E-state index in [1.807, 2.05) is 24.3 Å². The molecule has 20 heavy (non-hydrogen) atoms. The fraction of sp³-hybridized carbons (Fsp3) is 0.467. The second-order valence-electron chi connectivity index (χ2n) is 5.08. The number of nitrogens with zero attached hydrogens (tertiary/aromatic N) is 3. The average Bonchev–Trinajstić information content (AvgIpc) is 3.04. The van der Waals surface area contributed by atoms with Gasteiger partial charge in [0.1, 0.15) is 12.7 Å². The predicted molar refractivity (Wildman–Crippen MR) is 79.9 cm³/mol. The molecule has 1 aromatic heterocycles. The van der Waals surface area contributed by atoms with Crippen molar-refractivity contribution < 1.29 is 5.11 Å². The predicted octanol–water partition coefficient (Wildman–Crippen LogP) is 2.48. The highest BCUT2D eigenvalue weighted by atomic mass is 16.3. The molecule has 0 aliphatic heterocycles. The Hall–Kier alpha value is -1.88. The first-order valence-corrected chi connectivity index (χ1v) is 7.03. The van der Waals surface area contributed by atoms with Crippen LogP contribution in [-0.2, 0) is 0 Å². The van der Waals surface area contributed by atoms with Crippen molar-refractivity contribution in [2.24, 2.45) is 5.41 Å². The molecule has 0 radical (unpaired) electrons. The largest absolute Gasteiger partial charge is 0.396 e. The van der Waals surface area contributed by atoms with E-state index in [1.165, 1.54) is 6.33 Å². The van der Waals surface area contributed by atoms with Crippen LogP contribution in [0, 0.1) is 5.41 Å². The lowest BCUT2D eigenvalue weighted by Crippen LogP contribution is -2.32. The minimum absolute atomic E-state index is 0.0739. The van der Waals surface area contributed by atoms with E-state index in [2.05, 4.69) is 29.2 Å². The summed E-state index contributed by atoms with van der Waals surface area (Å²) in [5.74, 6) is 0. The lowest BCUT2D eigenvalue weighted by atomic mass is 9.83. The van der Waals surface area contributed by atoms with Crippen molar-refractivity contribution in [1.82, 2.24) is 14.8 Å². The molecule has 1 aromatic carbocycles. The molecule has 0 fully saturated rings. The van der Waals surface area contributed by atoms with E-state index in [0.29, 0.717) is 0 Å². The summed E-state index contributed by atoms with van der Waals surface area (Å²) in [5.41, 5.74) is 1.89. The van der Waals surface area contributed by atoms with Gasteiger partial charge in [-0.05, 0) is 25.0 Å². The molecular formula is C15H22N4O. The number of aliphatic hydroxyl groups excluding tert-OH is 1. The van der Waals surface area contributed by atoms with Gasteiger partial charge in [0.25, 0.3) is 0 Å². The van der Waals surface area contributed by atoms with E-state index in [1.54, 1.807) is 11.0 Å². The van der Waals surface area contributed by atoms with E-state index in [9.17, 15) is 5.11 Å². The lowest BCUT2D eigenvalue weighted by Gasteiger charge is -2.30. The topological polar surface area (TPSA) is 63.0 Å². The molecule has 108 valence electrons. The first-order chi connectivity index (χ1) is 9.74. The molecule has 5 nitrogen and oxygen atoms in total. The highest BCUT2D eigenvalue weighted by molar-refractivity contribution is 5.60. The Morgan fingerprint density at radius 3 is 2.60 bits per heavy atom. The number of hydrogen-bond acceptors (Lipinski definition) is 4. The Balaban J connectivity index is 2.18. The molecule has 0 amide bonds. The highest BCUT2D eigenvalue weighted by Crippen LogP contribution is 2.27. The van der Waals surface area contributed by atoms with Crippen LogP contribution in [0.2, 0.25) is 0 Å². The van der Waals surface area contributed by atoms with Gasteiger partial charge in [-0.15, -0.1) is 0 Å². The summed E-state index contributed by atoms with van der Waals surface area (Å²) in [4.78, 5) is 3.98. The van der Waals surface area contributed by atoms with Crippen LogP contribution in [0.3, 0.4) is 0 Å². The summed E-state index contributed by atoms with van der Waals surface area (Å²) >= 11 is 0. The minimum atomic E-state index is -0.0739. The molecule has 2 aromatic rings. The summed E-state index contributed by atoms with van der Waals surface area (Å²) in [6, 6.07) is 7.97. The molecule has 2 rings (SSSR count). The fourth-order valence-electron chi connectivity index (χ4n) is 2.22. The van der Waals surface area contributed by atoms with Gasteiger partial charge in [-0.25, -0.2) is 9.67 Å². The standard InChI is InChI=1S/C15H22N4O/c1-3-15(4-2,10-20)9-17-13-7-5-6-8-14(13)19-12-16-11-18-19/h5-8,11-12,17,20H,3-4,9-10H2,1-2H3. The van der Waals surface area contributed by atoms with Gasteiger partial charge >= 0.3 is 0 Å². The van der Waals surface area contributed by atoms with Crippen LogP contribution in [0.4, 0.5) is 5.69 Å². The van der Waals surface area contributed by atoms with Crippen molar-refractivity contribution >= 4 is 5.69 Å². The third-order valence-electron chi connectivity index (χ3n) is 4.06. The Kier molecular flexibility index (Phi) is 4.74. The first kappa shape index (κ1) is 14.5. The van der Waals surface area contributed by atoms with Gasteiger partial charge in [0.15, 0.2) is 0 Å². The molecule has 0 bridgehead atoms. The van der Waals surface area contributed by atoms with Gasteiger partial charge in [-0.2, -0.15) is 5.10 Å². The third kappa shape index (κ3) is 2.99. The monoisotopic (exact) mass is 274 g/mol. The lowest BCUT2D eigenvalue weighted by molar-refractivity contribution is 0.127. The van der Waals surface area contributed by atoms with Crippen LogP contribution < -0.4 is 5.32 Å². The molecule has 1 heterocycles. The smallest absolute Gasteiger partial charge is 0.138 e. The molecule has 0 unspecified atom stereocenters. The van der Waals surface area contributed by atoms with Crippen molar-refractivity contribution in [3.05, 3.63) is 36.9 Å². The van der Waals surface area contributed by atoms with E-state index in [4.69, 9.17) is 0 Å². The molecule has 5 heteroatoms. The van der Waals surface area contributed by atoms with E-state index >= 15 is 0 Å². The summed E-state index contributed by atoms with van der Waals surface area (Å²) in [7, 11) is 0. The normalized spacial score (nSPS) is 11.6. The number of benzene rings is 1. The molecule has 0 aliphatic carbocycles. The van der Waals surface area contributed by atoms with Crippen LogP contribution in [0.15, 0.2) is 36.9 Å². The molecule has 0 saturated carbocycles. The maximum Gasteiger partial charge on any atom is 0.138 e. The van der Waals surface area contributed by atoms with Gasteiger partial charge in [0.05, 0.1) is 18.0 Å². The zero-order valence-corrected chi connectivity index (χ0v) is 12.1. The number of nitrogens with one attached hydrogen (secondary N) is 1. The van der Waals surface area contributed by atoms with Crippen LogP contribution >= 0.6 is 0 Å². The maximum atomic E-state index is 9.64. The van der Waals surface area contributed by atoms with Gasteiger partial charge in [0, 0.05) is 12.0 Å². The van der Waals surface area contributed by atoms with Crippen LogP contribution in [0.25, 0.3) is 5.69 Å².